The van der Waals surface area contributed by atoms with Gasteiger partial charge in [0.15, 0.2) is 0 Å². The first-order chi connectivity index (χ1) is 13.0. The molecule has 1 atom stereocenters. The van der Waals surface area contributed by atoms with E-state index >= 15 is 0 Å². The van der Waals surface area contributed by atoms with Gasteiger partial charge in [0, 0.05) is 35.8 Å². The van der Waals surface area contributed by atoms with Crippen LogP contribution in [0, 0.1) is 12.8 Å². The molecule has 0 bridgehead atoms. The zero-order chi connectivity index (χ0) is 19.0. The van der Waals surface area contributed by atoms with Gasteiger partial charge in [0.25, 0.3) is 0 Å². The van der Waals surface area contributed by atoms with E-state index in [1.165, 1.54) is 6.07 Å². The molecule has 0 spiro atoms. The van der Waals surface area contributed by atoms with Crippen molar-refractivity contribution in [3.63, 3.8) is 0 Å². The minimum absolute atomic E-state index is 0.0562. The third-order valence-electron chi connectivity index (χ3n) is 4.73. The lowest BCUT2D eigenvalue weighted by Crippen LogP contribution is -2.28. The molecule has 4 rings (SSSR count). The summed E-state index contributed by atoms with van der Waals surface area (Å²) in [6.45, 7) is 2.34. The minimum Gasteiger partial charge on any atom is -0.423 e. The summed E-state index contributed by atoms with van der Waals surface area (Å²) in [6, 6.07) is 15.7. The third-order valence-corrected chi connectivity index (χ3v) is 4.73. The fourth-order valence-corrected chi connectivity index (χ4v) is 3.25. The van der Waals surface area contributed by atoms with Crippen molar-refractivity contribution in [3.05, 3.63) is 70.6 Å². The van der Waals surface area contributed by atoms with E-state index in [9.17, 15) is 14.4 Å². The largest absolute Gasteiger partial charge is 0.423 e. The SMILES string of the molecule is Cc1ccc(N2CC(C(=O)Nc3ccc4oc(=O)ccc4c3)CC2=O)cc1. The highest BCUT2D eigenvalue weighted by Crippen LogP contribution is 2.27. The molecule has 1 aliphatic heterocycles. The van der Waals surface area contributed by atoms with Gasteiger partial charge < -0.3 is 14.6 Å². The zero-order valence-corrected chi connectivity index (χ0v) is 14.8. The first-order valence-corrected chi connectivity index (χ1v) is 8.71. The molecule has 27 heavy (non-hydrogen) atoms. The van der Waals surface area contributed by atoms with E-state index in [2.05, 4.69) is 5.32 Å². The second-order valence-corrected chi connectivity index (χ2v) is 6.74. The lowest BCUT2D eigenvalue weighted by molar-refractivity contribution is -0.122. The second-order valence-electron chi connectivity index (χ2n) is 6.74. The molecule has 0 aliphatic carbocycles. The van der Waals surface area contributed by atoms with Gasteiger partial charge in [-0.15, -0.1) is 0 Å². The van der Waals surface area contributed by atoms with Crippen LogP contribution in [-0.4, -0.2) is 18.4 Å². The standard InChI is InChI=1S/C21H18N2O4/c1-13-2-6-17(7-3-13)23-12-15(11-19(23)24)21(26)22-16-5-8-18-14(10-16)4-9-20(25)27-18/h2-10,15H,11-12H2,1H3,(H,22,26). The molecule has 2 aromatic carbocycles. The number of fused-ring (bicyclic) bond motifs is 1. The molecule has 6 nitrogen and oxygen atoms in total. The van der Waals surface area contributed by atoms with Gasteiger partial charge >= 0.3 is 5.63 Å². The molecule has 1 aromatic heterocycles. The fraction of sp³-hybridized carbons (Fsp3) is 0.190. The molecule has 6 heteroatoms. The van der Waals surface area contributed by atoms with Crippen molar-refractivity contribution in [2.45, 2.75) is 13.3 Å². The lowest BCUT2D eigenvalue weighted by Gasteiger charge is -2.17. The summed E-state index contributed by atoms with van der Waals surface area (Å²) in [6.07, 6.45) is 0.183. The van der Waals surface area contributed by atoms with E-state index in [-0.39, 0.29) is 18.2 Å². The molecular formula is C21H18N2O4. The van der Waals surface area contributed by atoms with E-state index in [1.807, 2.05) is 31.2 Å². The molecule has 1 fully saturated rings. The van der Waals surface area contributed by atoms with Crippen molar-refractivity contribution in [1.82, 2.24) is 0 Å². The molecule has 1 N–H and O–H groups in total. The molecule has 2 amide bonds. The summed E-state index contributed by atoms with van der Waals surface area (Å²) in [5.74, 6) is -0.669. The number of nitrogens with one attached hydrogen (secondary N) is 1. The molecule has 0 radical (unpaired) electrons. The first-order valence-electron chi connectivity index (χ1n) is 8.71. The summed E-state index contributed by atoms with van der Waals surface area (Å²) in [5.41, 5.74) is 2.57. The molecule has 1 unspecified atom stereocenters. The average Bonchev–Trinajstić information content (AvgIpc) is 3.04. The Morgan fingerprint density at radius 3 is 2.63 bits per heavy atom. The minimum atomic E-state index is -0.417. The Labute approximate surface area is 155 Å². The van der Waals surface area contributed by atoms with Gasteiger partial charge in [-0.3, -0.25) is 9.59 Å². The van der Waals surface area contributed by atoms with Crippen LogP contribution in [0.1, 0.15) is 12.0 Å². The number of benzene rings is 2. The Kier molecular flexibility index (Phi) is 4.24. The highest BCUT2D eigenvalue weighted by Gasteiger charge is 2.35. The van der Waals surface area contributed by atoms with E-state index < -0.39 is 11.5 Å². The number of hydrogen-bond acceptors (Lipinski definition) is 4. The van der Waals surface area contributed by atoms with E-state index in [0.29, 0.717) is 17.8 Å². The number of hydrogen-bond donors (Lipinski definition) is 1. The monoisotopic (exact) mass is 362 g/mol. The van der Waals surface area contributed by atoms with Crippen molar-refractivity contribution >= 4 is 34.2 Å². The highest BCUT2D eigenvalue weighted by molar-refractivity contribution is 6.04. The van der Waals surface area contributed by atoms with Crippen molar-refractivity contribution in [2.24, 2.45) is 5.92 Å². The Balaban J connectivity index is 1.48. The molecule has 0 saturated carbocycles. The topological polar surface area (TPSA) is 79.6 Å². The summed E-state index contributed by atoms with van der Waals surface area (Å²) < 4.78 is 5.09. The molecule has 2 heterocycles. The molecule has 1 saturated heterocycles. The summed E-state index contributed by atoms with van der Waals surface area (Å²) >= 11 is 0. The van der Waals surface area contributed by atoms with Crippen LogP contribution in [0.3, 0.4) is 0 Å². The van der Waals surface area contributed by atoms with Crippen molar-refractivity contribution in [3.8, 4) is 0 Å². The Bertz CT molecular complexity index is 1090. The van der Waals surface area contributed by atoms with Crippen LogP contribution < -0.4 is 15.8 Å². The normalized spacial score (nSPS) is 16.7. The molecule has 3 aromatic rings. The smallest absolute Gasteiger partial charge is 0.336 e. The van der Waals surface area contributed by atoms with Crippen molar-refractivity contribution in [1.29, 1.82) is 0 Å². The van der Waals surface area contributed by atoms with Gasteiger partial charge in [0.05, 0.1) is 5.92 Å². The molecule has 1 aliphatic rings. The van der Waals surface area contributed by atoms with Crippen LogP contribution in [0.15, 0.2) is 63.8 Å². The van der Waals surface area contributed by atoms with Gasteiger partial charge in [-0.1, -0.05) is 17.7 Å². The maximum atomic E-state index is 12.6. The Morgan fingerprint density at radius 2 is 1.85 bits per heavy atom. The molecule has 136 valence electrons. The third kappa shape index (κ3) is 3.46. The van der Waals surface area contributed by atoms with Crippen LogP contribution in [0.4, 0.5) is 11.4 Å². The van der Waals surface area contributed by atoms with Gasteiger partial charge in [0.2, 0.25) is 11.8 Å². The van der Waals surface area contributed by atoms with E-state index in [0.717, 1.165) is 16.6 Å². The van der Waals surface area contributed by atoms with Crippen LogP contribution >= 0.6 is 0 Å². The number of anilines is 2. The van der Waals surface area contributed by atoms with Gasteiger partial charge in [-0.2, -0.15) is 0 Å². The van der Waals surface area contributed by atoms with Crippen LogP contribution in [0.2, 0.25) is 0 Å². The van der Waals surface area contributed by atoms with Crippen LogP contribution in [0.25, 0.3) is 11.0 Å². The lowest BCUT2D eigenvalue weighted by atomic mass is 10.1. The second kappa shape index (κ2) is 6.72. The highest BCUT2D eigenvalue weighted by atomic mass is 16.4. The van der Waals surface area contributed by atoms with Crippen molar-refractivity contribution < 1.29 is 14.0 Å². The summed E-state index contributed by atoms with van der Waals surface area (Å²) in [7, 11) is 0. The van der Waals surface area contributed by atoms with Crippen molar-refractivity contribution in [2.75, 3.05) is 16.8 Å². The van der Waals surface area contributed by atoms with E-state index in [4.69, 9.17) is 4.42 Å². The number of nitrogens with zero attached hydrogens (tertiary/aromatic N) is 1. The molecular weight excluding hydrogens is 344 g/mol. The Morgan fingerprint density at radius 1 is 1.07 bits per heavy atom. The predicted molar refractivity (Wildman–Crippen MR) is 103 cm³/mol. The number of carbonyl (C=O) groups is 2. The maximum Gasteiger partial charge on any atom is 0.336 e. The summed E-state index contributed by atoms with van der Waals surface area (Å²) in [5, 5.41) is 3.57. The quantitative estimate of drug-likeness (QED) is 0.726. The van der Waals surface area contributed by atoms with Crippen LogP contribution in [-0.2, 0) is 9.59 Å². The zero-order valence-electron chi connectivity index (χ0n) is 14.8. The maximum absolute atomic E-state index is 12.6. The first kappa shape index (κ1) is 17.0. The summed E-state index contributed by atoms with van der Waals surface area (Å²) in [4.78, 5) is 37.9. The number of carbonyl (C=O) groups excluding carboxylic acids is 2. The van der Waals surface area contributed by atoms with Gasteiger partial charge in [-0.05, 0) is 43.3 Å². The fourth-order valence-electron chi connectivity index (χ4n) is 3.25. The Hall–Kier alpha value is -3.41. The number of rotatable bonds is 3. The number of aryl methyl sites for hydroxylation is 1. The van der Waals surface area contributed by atoms with Crippen LogP contribution in [0.5, 0.6) is 0 Å². The number of amides is 2. The van der Waals surface area contributed by atoms with Gasteiger partial charge in [-0.25, -0.2) is 4.79 Å². The predicted octanol–water partition coefficient (Wildman–Crippen LogP) is 3.09. The van der Waals surface area contributed by atoms with E-state index in [1.54, 1.807) is 29.2 Å². The average molecular weight is 362 g/mol. The van der Waals surface area contributed by atoms with Gasteiger partial charge in [0.1, 0.15) is 5.58 Å².